The van der Waals surface area contributed by atoms with E-state index in [0.29, 0.717) is 21.9 Å². The van der Waals surface area contributed by atoms with E-state index >= 15 is 0 Å². The molecule has 0 fully saturated rings. The molecule has 0 saturated carbocycles. The van der Waals surface area contributed by atoms with Crippen LogP contribution in [0.4, 0.5) is 11.7 Å². The molecule has 0 saturated heterocycles. The Bertz CT molecular complexity index is 863. The number of aryl methyl sites for hydroxylation is 2. The van der Waals surface area contributed by atoms with E-state index in [4.69, 9.17) is 4.42 Å². The van der Waals surface area contributed by atoms with Gasteiger partial charge in [0.15, 0.2) is 5.76 Å². The van der Waals surface area contributed by atoms with Gasteiger partial charge in [-0.05, 0) is 19.9 Å². The average molecular weight is 297 g/mol. The minimum absolute atomic E-state index is 0.282. The van der Waals surface area contributed by atoms with Crippen molar-refractivity contribution in [3.8, 4) is 11.3 Å². The summed E-state index contributed by atoms with van der Waals surface area (Å²) in [5.41, 5.74) is 2.49. The first-order valence-corrected chi connectivity index (χ1v) is 6.76. The van der Waals surface area contributed by atoms with Gasteiger partial charge in [0.25, 0.3) is 11.6 Å². The molecule has 3 rings (SSSR count). The number of hydrogen-bond donors (Lipinski definition) is 2. The van der Waals surface area contributed by atoms with Crippen molar-refractivity contribution in [3.63, 3.8) is 0 Å². The second-order valence-electron chi connectivity index (χ2n) is 5.06. The van der Waals surface area contributed by atoms with Crippen molar-refractivity contribution in [2.75, 3.05) is 5.32 Å². The number of nitrogens with zero attached hydrogens (tertiary/aromatic N) is 2. The largest absolute Gasteiger partial charge is 0.425 e. The number of benzene rings is 1. The van der Waals surface area contributed by atoms with Crippen LogP contribution in [-0.4, -0.2) is 14.9 Å². The summed E-state index contributed by atoms with van der Waals surface area (Å²) in [6.45, 7) is 3.64. The van der Waals surface area contributed by atoms with E-state index in [0.717, 1.165) is 5.56 Å². The fraction of sp³-hybridized carbons (Fsp3) is 0.125. The number of oxazole rings is 1. The Morgan fingerprint density at radius 1 is 1.18 bits per heavy atom. The summed E-state index contributed by atoms with van der Waals surface area (Å²) in [5, 5.41) is 12.3. The first kappa shape index (κ1) is 13.9. The summed E-state index contributed by atoms with van der Waals surface area (Å²) in [4.78, 5) is 15.7. The Balaban J connectivity index is 1.85. The average Bonchev–Trinajstić information content (AvgIpc) is 2.94. The molecule has 6 nitrogen and oxygen atoms in total. The Labute approximate surface area is 126 Å². The smallest absolute Gasteiger partial charge is 0.299 e. The van der Waals surface area contributed by atoms with Crippen molar-refractivity contribution in [1.82, 2.24) is 9.71 Å². The minimum Gasteiger partial charge on any atom is -0.425 e. The van der Waals surface area contributed by atoms with E-state index in [9.17, 15) is 10.0 Å². The first-order valence-electron chi connectivity index (χ1n) is 6.76. The second-order valence-corrected chi connectivity index (χ2v) is 5.06. The monoisotopic (exact) mass is 297 g/mol. The lowest BCUT2D eigenvalue weighted by atomic mass is 10.1. The van der Waals surface area contributed by atoms with Crippen LogP contribution >= 0.6 is 0 Å². The van der Waals surface area contributed by atoms with Gasteiger partial charge in [0.1, 0.15) is 0 Å². The van der Waals surface area contributed by atoms with Crippen molar-refractivity contribution < 1.29 is 9.62 Å². The second kappa shape index (κ2) is 5.40. The molecule has 0 aliphatic rings. The standard InChI is InChI=1S/C16H15N3O3/c1-10-3-5-12(6-4-10)14-9-17-16(22-14)18-13-7-11(2)19(21)15(20)8-13/h3-9,21H,1-2H3,(H,17,18). The third kappa shape index (κ3) is 2.71. The Morgan fingerprint density at radius 3 is 2.59 bits per heavy atom. The number of nitrogens with one attached hydrogen (secondary N) is 1. The molecule has 0 atom stereocenters. The molecule has 2 aromatic heterocycles. The number of anilines is 2. The molecule has 2 N–H and O–H groups in total. The van der Waals surface area contributed by atoms with Gasteiger partial charge in [0.05, 0.1) is 11.9 Å². The molecule has 0 spiro atoms. The highest BCUT2D eigenvalue weighted by Gasteiger charge is 2.08. The Hall–Kier alpha value is -3.02. The minimum atomic E-state index is -0.521. The normalized spacial score (nSPS) is 10.6. The maximum Gasteiger partial charge on any atom is 0.299 e. The van der Waals surface area contributed by atoms with E-state index in [2.05, 4.69) is 10.3 Å². The van der Waals surface area contributed by atoms with Crippen molar-refractivity contribution in [2.45, 2.75) is 13.8 Å². The van der Waals surface area contributed by atoms with E-state index in [1.54, 1.807) is 19.2 Å². The number of rotatable bonds is 3. The molecular weight excluding hydrogens is 282 g/mol. The summed E-state index contributed by atoms with van der Waals surface area (Å²) in [5.74, 6) is 0.634. The number of hydrogen-bond acceptors (Lipinski definition) is 5. The fourth-order valence-electron chi connectivity index (χ4n) is 2.07. The van der Waals surface area contributed by atoms with Crippen molar-refractivity contribution >= 4 is 11.7 Å². The van der Waals surface area contributed by atoms with Crippen LogP contribution in [0.15, 0.2) is 51.8 Å². The zero-order valence-electron chi connectivity index (χ0n) is 12.2. The lowest BCUT2D eigenvalue weighted by Gasteiger charge is -2.05. The van der Waals surface area contributed by atoms with Crippen LogP contribution in [0.1, 0.15) is 11.3 Å². The van der Waals surface area contributed by atoms with Crippen LogP contribution in [0.5, 0.6) is 0 Å². The summed E-state index contributed by atoms with van der Waals surface area (Å²) in [7, 11) is 0. The highest BCUT2D eigenvalue weighted by molar-refractivity contribution is 5.60. The SMILES string of the molecule is Cc1ccc(-c2cnc(Nc3cc(C)n(O)c(=O)c3)o2)cc1. The van der Waals surface area contributed by atoms with Crippen molar-refractivity contribution in [2.24, 2.45) is 0 Å². The van der Waals surface area contributed by atoms with E-state index in [-0.39, 0.29) is 6.01 Å². The number of pyridine rings is 1. The van der Waals surface area contributed by atoms with Crippen LogP contribution in [0.3, 0.4) is 0 Å². The third-order valence-electron chi connectivity index (χ3n) is 3.28. The van der Waals surface area contributed by atoms with Crippen LogP contribution in [-0.2, 0) is 0 Å². The van der Waals surface area contributed by atoms with Crippen LogP contribution in [0, 0.1) is 13.8 Å². The van der Waals surface area contributed by atoms with Crippen molar-refractivity contribution in [3.05, 3.63) is 64.2 Å². The maximum atomic E-state index is 11.5. The molecule has 0 radical (unpaired) electrons. The van der Waals surface area contributed by atoms with Crippen LogP contribution in [0.25, 0.3) is 11.3 Å². The molecule has 3 aromatic rings. The van der Waals surface area contributed by atoms with Gasteiger partial charge in [-0.15, -0.1) is 0 Å². The fourth-order valence-corrected chi connectivity index (χ4v) is 2.07. The quantitative estimate of drug-likeness (QED) is 0.726. The van der Waals surface area contributed by atoms with Gasteiger partial charge < -0.3 is 14.9 Å². The molecule has 112 valence electrons. The van der Waals surface area contributed by atoms with Gasteiger partial charge in [-0.3, -0.25) is 4.79 Å². The highest BCUT2D eigenvalue weighted by Crippen LogP contribution is 2.24. The third-order valence-corrected chi connectivity index (χ3v) is 3.28. The maximum absolute atomic E-state index is 11.5. The van der Waals surface area contributed by atoms with E-state index in [1.807, 2.05) is 31.2 Å². The summed E-state index contributed by atoms with van der Waals surface area (Å²) < 4.78 is 6.21. The predicted octanol–water partition coefficient (Wildman–Crippen LogP) is 3.10. The lowest BCUT2D eigenvalue weighted by molar-refractivity contribution is 0.168. The Kier molecular flexibility index (Phi) is 3.42. The molecule has 1 aromatic carbocycles. The van der Waals surface area contributed by atoms with Gasteiger partial charge in [0, 0.05) is 17.3 Å². The molecule has 6 heteroatoms. The van der Waals surface area contributed by atoms with Crippen LogP contribution < -0.4 is 10.9 Å². The van der Waals surface area contributed by atoms with Gasteiger partial charge in [0.2, 0.25) is 0 Å². The van der Waals surface area contributed by atoms with Gasteiger partial charge in [-0.25, -0.2) is 4.98 Å². The molecule has 0 unspecified atom stereocenters. The zero-order chi connectivity index (χ0) is 15.7. The number of aromatic nitrogens is 2. The van der Waals surface area contributed by atoms with E-state index < -0.39 is 5.56 Å². The molecule has 2 heterocycles. The van der Waals surface area contributed by atoms with Crippen LogP contribution in [0.2, 0.25) is 0 Å². The molecular formula is C16H15N3O3. The summed E-state index contributed by atoms with van der Waals surface area (Å²) in [6.07, 6.45) is 1.62. The molecule has 0 amide bonds. The van der Waals surface area contributed by atoms with Crippen molar-refractivity contribution in [1.29, 1.82) is 0 Å². The molecule has 22 heavy (non-hydrogen) atoms. The zero-order valence-corrected chi connectivity index (χ0v) is 12.2. The first-order chi connectivity index (χ1) is 10.5. The molecule has 0 bridgehead atoms. The predicted molar refractivity (Wildman–Crippen MR) is 82.6 cm³/mol. The van der Waals surface area contributed by atoms with Gasteiger partial charge in [-0.2, -0.15) is 4.73 Å². The molecule has 0 aliphatic heterocycles. The topological polar surface area (TPSA) is 80.3 Å². The van der Waals surface area contributed by atoms with Gasteiger partial charge in [-0.1, -0.05) is 29.8 Å². The highest BCUT2D eigenvalue weighted by atomic mass is 16.5. The van der Waals surface area contributed by atoms with E-state index in [1.165, 1.54) is 11.6 Å². The summed E-state index contributed by atoms with van der Waals surface area (Å²) >= 11 is 0. The lowest BCUT2D eigenvalue weighted by Crippen LogP contribution is -2.19. The van der Waals surface area contributed by atoms with Gasteiger partial charge >= 0.3 is 0 Å². The Morgan fingerprint density at radius 2 is 1.91 bits per heavy atom. The summed E-state index contributed by atoms with van der Waals surface area (Å²) in [6, 6.07) is 11.1. The molecule has 0 aliphatic carbocycles.